The molecule has 3 heterocycles. The second-order valence-corrected chi connectivity index (χ2v) is 10.9. The van der Waals surface area contributed by atoms with Gasteiger partial charge in [-0.05, 0) is 69.2 Å². The summed E-state index contributed by atoms with van der Waals surface area (Å²) in [5, 5.41) is 12.1. The summed E-state index contributed by atoms with van der Waals surface area (Å²) in [5.41, 5.74) is 5.72. The molecule has 2 bridgehead atoms. The molecular formula is C26H31N5O5. The van der Waals surface area contributed by atoms with Crippen LogP contribution in [0, 0.1) is 33.8 Å². The summed E-state index contributed by atoms with van der Waals surface area (Å²) in [7, 11) is 0. The highest BCUT2D eigenvalue weighted by Gasteiger charge is 2.59. The number of hydrogen-bond donors (Lipinski definition) is 1. The Labute approximate surface area is 209 Å². The normalized spacial score (nSPS) is 31.2. The van der Waals surface area contributed by atoms with Gasteiger partial charge in [0.25, 0.3) is 5.69 Å². The lowest BCUT2D eigenvalue weighted by Crippen LogP contribution is -2.63. The molecule has 10 nitrogen and oxygen atoms in total. The molecule has 0 spiro atoms. The van der Waals surface area contributed by atoms with Gasteiger partial charge in [-0.15, -0.1) is 0 Å². The lowest BCUT2D eigenvalue weighted by molar-refractivity contribution is -0.384. The van der Waals surface area contributed by atoms with E-state index in [0.29, 0.717) is 31.6 Å². The number of hydrogen-bond acceptors (Lipinski definition) is 7. The number of nitro benzene ring substituents is 1. The van der Waals surface area contributed by atoms with Gasteiger partial charge in [-0.25, -0.2) is 4.90 Å². The van der Waals surface area contributed by atoms with Crippen molar-refractivity contribution in [1.29, 1.82) is 0 Å². The molecule has 4 fully saturated rings. The van der Waals surface area contributed by atoms with Crippen LogP contribution >= 0.6 is 0 Å². The number of fused-ring (bicyclic) bond motifs is 5. The summed E-state index contributed by atoms with van der Waals surface area (Å²) in [6.07, 6.45) is 9.12. The maximum absolute atomic E-state index is 13.2. The number of anilines is 2. The third-order valence-electron chi connectivity index (χ3n) is 9.24. The van der Waals surface area contributed by atoms with Gasteiger partial charge in [0, 0.05) is 19.2 Å². The van der Waals surface area contributed by atoms with E-state index in [1.54, 1.807) is 12.1 Å². The first-order valence-corrected chi connectivity index (χ1v) is 13.0. The first-order chi connectivity index (χ1) is 17.3. The van der Waals surface area contributed by atoms with Crippen LogP contribution in [0.2, 0.25) is 0 Å². The largest absolute Gasteiger partial charge is 0.368 e. The minimum Gasteiger partial charge on any atom is -0.368 e. The Kier molecular flexibility index (Phi) is 5.40. The van der Waals surface area contributed by atoms with E-state index in [2.05, 4.69) is 4.90 Å². The van der Waals surface area contributed by atoms with Gasteiger partial charge >= 0.3 is 0 Å². The summed E-state index contributed by atoms with van der Waals surface area (Å²) in [6.45, 7) is 2.60. The standard InChI is InChI=1S/C26H31N5O5/c27-25(34)26(29-10-2-1-3-11-29)8-12-28(13-9-26)19-7-6-18(15-20(19)31(35)36)30-23(32)21-16-4-5-17(14-16)22(21)24(30)33/h4-7,15-17,21-22H,1-3,8-14H2,(H2,27,34)/t16-,17-,21+,22+/m0/s1. The van der Waals surface area contributed by atoms with Crippen LogP contribution in [0.25, 0.3) is 0 Å². The zero-order valence-electron chi connectivity index (χ0n) is 20.2. The fourth-order valence-electron chi connectivity index (χ4n) is 7.38. The highest BCUT2D eigenvalue weighted by atomic mass is 16.6. The minimum absolute atomic E-state index is 0.0782. The van der Waals surface area contributed by atoms with Crippen LogP contribution in [0.5, 0.6) is 0 Å². The van der Waals surface area contributed by atoms with Crippen molar-refractivity contribution < 1.29 is 19.3 Å². The smallest absolute Gasteiger partial charge is 0.294 e. The summed E-state index contributed by atoms with van der Waals surface area (Å²) in [6, 6.07) is 4.62. The lowest BCUT2D eigenvalue weighted by atomic mass is 9.83. The van der Waals surface area contributed by atoms with Crippen molar-refractivity contribution in [1.82, 2.24) is 4.90 Å². The molecule has 0 radical (unpaired) electrons. The first-order valence-electron chi connectivity index (χ1n) is 13.0. The quantitative estimate of drug-likeness (QED) is 0.288. The number of benzene rings is 1. The summed E-state index contributed by atoms with van der Waals surface area (Å²) >= 11 is 0. The molecule has 2 N–H and O–H groups in total. The van der Waals surface area contributed by atoms with Gasteiger partial charge < -0.3 is 10.6 Å². The predicted octanol–water partition coefficient (Wildman–Crippen LogP) is 2.22. The van der Waals surface area contributed by atoms with E-state index in [-0.39, 0.29) is 52.8 Å². The zero-order valence-corrected chi connectivity index (χ0v) is 20.2. The van der Waals surface area contributed by atoms with Crippen LogP contribution in [0.4, 0.5) is 17.1 Å². The minimum atomic E-state index is -0.717. The molecule has 190 valence electrons. The van der Waals surface area contributed by atoms with Crippen LogP contribution in [-0.2, 0) is 14.4 Å². The van der Waals surface area contributed by atoms with Crippen molar-refractivity contribution in [2.45, 2.75) is 44.1 Å². The number of likely N-dealkylation sites (tertiary alicyclic amines) is 1. The number of nitrogens with two attached hydrogens (primary N) is 1. The molecule has 1 saturated carbocycles. The topological polar surface area (TPSA) is 130 Å². The van der Waals surface area contributed by atoms with Crippen molar-refractivity contribution in [2.75, 3.05) is 36.0 Å². The van der Waals surface area contributed by atoms with Gasteiger partial charge in [0.15, 0.2) is 0 Å². The monoisotopic (exact) mass is 493 g/mol. The van der Waals surface area contributed by atoms with Crippen LogP contribution in [0.1, 0.15) is 38.5 Å². The van der Waals surface area contributed by atoms with Gasteiger partial charge in [0.05, 0.1) is 22.4 Å². The first kappa shape index (κ1) is 23.1. The third-order valence-corrected chi connectivity index (χ3v) is 9.24. The molecule has 1 aromatic rings. The van der Waals surface area contributed by atoms with Crippen molar-refractivity contribution in [3.05, 3.63) is 40.5 Å². The Morgan fingerprint density at radius 3 is 2.14 bits per heavy atom. The van der Waals surface area contributed by atoms with Gasteiger partial charge in [0.2, 0.25) is 17.7 Å². The van der Waals surface area contributed by atoms with E-state index >= 15 is 0 Å². The molecule has 2 aliphatic carbocycles. The SMILES string of the molecule is NC(=O)C1(N2CCCCC2)CCN(c2ccc(N3C(=O)[C@H]4[C@H](C3=O)[C@H]3C=C[C@H]4C3)cc2[N+](=O)[O-])CC1. The van der Waals surface area contributed by atoms with Gasteiger partial charge in [-0.3, -0.25) is 29.4 Å². The summed E-state index contributed by atoms with van der Waals surface area (Å²) < 4.78 is 0. The average Bonchev–Trinajstić information content (AvgIpc) is 3.58. The van der Waals surface area contributed by atoms with Gasteiger partial charge in [0.1, 0.15) is 11.2 Å². The van der Waals surface area contributed by atoms with E-state index in [1.807, 2.05) is 17.1 Å². The molecule has 3 amide bonds. The Balaban J connectivity index is 1.25. The zero-order chi connectivity index (χ0) is 25.2. The Bertz CT molecular complexity index is 1140. The van der Waals surface area contributed by atoms with Crippen molar-refractivity contribution in [3.8, 4) is 0 Å². The van der Waals surface area contributed by atoms with E-state index in [4.69, 9.17) is 5.73 Å². The molecule has 5 aliphatic rings. The number of nitrogens with zero attached hydrogens (tertiary/aromatic N) is 4. The number of rotatable bonds is 5. The number of carbonyl (C=O) groups is 3. The number of imide groups is 1. The molecule has 1 aromatic carbocycles. The number of carbonyl (C=O) groups excluding carboxylic acids is 3. The van der Waals surface area contributed by atoms with Crippen molar-refractivity contribution >= 4 is 34.8 Å². The number of primary amides is 1. The Morgan fingerprint density at radius 1 is 0.972 bits per heavy atom. The Morgan fingerprint density at radius 2 is 1.58 bits per heavy atom. The second-order valence-electron chi connectivity index (χ2n) is 10.9. The summed E-state index contributed by atoms with van der Waals surface area (Å²) in [5.74, 6) is -1.39. The second kappa shape index (κ2) is 8.40. The lowest BCUT2D eigenvalue weighted by Gasteiger charge is -2.48. The van der Waals surface area contributed by atoms with Crippen LogP contribution < -0.4 is 15.5 Å². The molecule has 6 rings (SSSR count). The van der Waals surface area contributed by atoms with Gasteiger partial charge in [-0.1, -0.05) is 18.6 Å². The number of amides is 3. The third kappa shape index (κ3) is 3.30. The fraction of sp³-hybridized carbons (Fsp3) is 0.577. The highest BCUT2D eigenvalue weighted by molar-refractivity contribution is 6.23. The predicted molar refractivity (Wildman–Crippen MR) is 132 cm³/mol. The summed E-state index contributed by atoms with van der Waals surface area (Å²) in [4.78, 5) is 55.8. The average molecular weight is 494 g/mol. The number of nitro groups is 1. The Hall–Kier alpha value is -3.27. The van der Waals surface area contributed by atoms with Crippen LogP contribution in [0.3, 0.4) is 0 Å². The van der Waals surface area contributed by atoms with E-state index < -0.39 is 10.5 Å². The van der Waals surface area contributed by atoms with Gasteiger partial charge in [-0.2, -0.15) is 0 Å². The van der Waals surface area contributed by atoms with E-state index in [0.717, 1.165) is 43.7 Å². The molecule has 0 aromatic heterocycles. The highest BCUT2D eigenvalue weighted by Crippen LogP contribution is 2.53. The van der Waals surface area contributed by atoms with Crippen LogP contribution in [-0.4, -0.2) is 59.3 Å². The van der Waals surface area contributed by atoms with Crippen molar-refractivity contribution in [3.63, 3.8) is 0 Å². The van der Waals surface area contributed by atoms with Crippen molar-refractivity contribution in [2.24, 2.45) is 29.4 Å². The molecule has 10 heteroatoms. The fourth-order valence-corrected chi connectivity index (χ4v) is 7.38. The number of allylic oxidation sites excluding steroid dienone is 2. The molecule has 3 saturated heterocycles. The van der Waals surface area contributed by atoms with E-state index in [1.165, 1.54) is 6.07 Å². The van der Waals surface area contributed by atoms with Crippen LogP contribution in [0.15, 0.2) is 30.4 Å². The maximum atomic E-state index is 13.2. The molecular weight excluding hydrogens is 462 g/mol. The van der Waals surface area contributed by atoms with E-state index in [9.17, 15) is 24.5 Å². The molecule has 4 atom stereocenters. The molecule has 0 unspecified atom stereocenters. The molecule has 3 aliphatic heterocycles. The maximum Gasteiger partial charge on any atom is 0.294 e. The molecule has 36 heavy (non-hydrogen) atoms. The number of piperidine rings is 2.